The Labute approximate surface area is 84.1 Å². The summed E-state index contributed by atoms with van der Waals surface area (Å²) >= 11 is 0. The lowest BCUT2D eigenvalue weighted by Crippen LogP contribution is -2.11. The number of nitrogens with two attached hydrogens (primary N) is 1. The Hall–Kier alpha value is -1.53. The fourth-order valence-electron chi connectivity index (χ4n) is 1.16. The number of aryl methyl sites for hydroxylation is 1. The number of hydrogen-bond acceptors (Lipinski definition) is 3. The molecule has 0 amide bonds. The number of benzene rings is 1. The molecule has 3 heteroatoms. The zero-order valence-corrected chi connectivity index (χ0v) is 8.45. The molecule has 1 aromatic carbocycles. The van der Waals surface area contributed by atoms with Crippen LogP contribution < -0.4 is 10.5 Å². The summed E-state index contributed by atoms with van der Waals surface area (Å²) in [6.45, 7) is 4.11. The van der Waals surface area contributed by atoms with E-state index >= 15 is 0 Å². The normalized spacial score (nSPS) is 11.9. The molecule has 0 radical (unpaired) electrons. The van der Waals surface area contributed by atoms with Crippen LogP contribution in [0.15, 0.2) is 18.2 Å². The predicted molar refractivity (Wildman–Crippen MR) is 54.8 cm³/mol. The predicted octanol–water partition coefficient (Wildman–Crippen LogP) is 1.74. The van der Waals surface area contributed by atoms with Crippen molar-refractivity contribution in [3.63, 3.8) is 0 Å². The molecule has 0 fully saturated rings. The summed E-state index contributed by atoms with van der Waals surface area (Å²) in [7, 11) is 0. The minimum Gasteiger partial charge on any atom is -0.476 e. The van der Waals surface area contributed by atoms with Crippen LogP contribution in [0.1, 0.15) is 18.1 Å². The van der Waals surface area contributed by atoms with Crippen LogP contribution >= 0.6 is 0 Å². The molecule has 0 aliphatic heterocycles. The second-order valence-corrected chi connectivity index (χ2v) is 3.20. The quantitative estimate of drug-likeness (QED) is 0.789. The van der Waals surface area contributed by atoms with E-state index in [9.17, 15) is 0 Å². The summed E-state index contributed by atoms with van der Waals surface area (Å²) in [6.07, 6.45) is -0.443. The van der Waals surface area contributed by atoms with Gasteiger partial charge in [-0.25, -0.2) is 0 Å². The summed E-state index contributed by atoms with van der Waals surface area (Å²) in [6, 6.07) is 7.82. The van der Waals surface area contributed by atoms with Crippen molar-refractivity contribution in [2.24, 2.45) is 5.73 Å². The highest BCUT2D eigenvalue weighted by atomic mass is 16.5. The van der Waals surface area contributed by atoms with Gasteiger partial charge in [-0.3, -0.25) is 0 Å². The molecule has 2 N–H and O–H groups in total. The first kappa shape index (κ1) is 10.6. The topological polar surface area (TPSA) is 59.0 Å². The molecule has 14 heavy (non-hydrogen) atoms. The Morgan fingerprint density at radius 1 is 1.57 bits per heavy atom. The first-order valence-corrected chi connectivity index (χ1v) is 4.53. The highest BCUT2D eigenvalue weighted by molar-refractivity contribution is 5.37. The van der Waals surface area contributed by atoms with Gasteiger partial charge in [-0.15, -0.1) is 0 Å². The second kappa shape index (κ2) is 4.64. The van der Waals surface area contributed by atoms with Crippen molar-refractivity contribution in [1.29, 1.82) is 5.26 Å². The van der Waals surface area contributed by atoms with E-state index in [4.69, 9.17) is 15.7 Å². The molecule has 1 rings (SSSR count). The molecule has 1 unspecified atom stereocenters. The monoisotopic (exact) mass is 190 g/mol. The molecule has 0 saturated carbocycles. The van der Waals surface area contributed by atoms with Crippen molar-refractivity contribution in [2.45, 2.75) is 26.5 Å². The second-order valence-electron chi connectivity index (χ2n) is 3.20. The number of ether oxygens (including phenoxy) is 1. The maximum absolute atomic E-state index is 8.62. The van der Waals surface area contributed by atoms with Crippen molar-refractivity contribution in [3.8, 4) is 11.8 Å². The first-order chi connectivity index (χ1) is 6.67. The van der Waals surface area contributed by atoms with E-state index < -0.39 is 6.10 Å². The van der Waals surface area contributed by atoms with Gasteiger partial charge in [-0.1, -0.05) is 12.1 Å². The van der Waals surface area contributed by atoms with Crippen LogP contribution in [0.25, 0.3) is 0 Å². The fraction of sp³-hybridized carbons (Fsp3) is 0.364. The number of rotatable bonds is 3. The van der Waals surface area contributed by atoms with E-state index in [0.717, 1.165) is 11.1 Å². The Morgan fingerprint density at radius 3 is 2.86 bits per heavy atom. The summed E-state index contributed by atoms with van der Waals surface area (Å²) < 4.78 is 5.43. The Kier molecular flexibility index (Phi) is 3.49. The smallest absolute Gasteiger partial charge is 0.181 e. The SMILES string of the molecule is Cc1ccc(CN)c(OC(C)C#N)c1. The molecule has 0 saturated heterocycles. The Bertz CT molecular complexity index is 355. The largest absolute Gasteiger partial charge is 0.476 e. The number of nitrogens with zero attached hydrogens (tertiary/aromatic N) is 1. The van der Waals surface area contributed by atoms with E-state index in [1.807, 2.05) is 31.2 Å². The Morgan fingerprint density at radius 2 is 2.29 bits per heavy atom. The van der Waals surface area contributed by atoms with Gasteiger partial charge in [0, 0.05) is 12.1 Å². The van der Waals surface area contributed by atoms with Crippen LogP contribution in [0.4, 0.5) is 0 Å². The summed E-state index contributed by atoms with van der Waals surface area (Å²) in [4.78, 5) is 0. The van der Waals surface area contributed by atoms with Crippen LogP contribution in [0.3, 0.4) is 0 Å². The van der Waals surface area contributed by atoms with Crippen molar-refractivity contribution in [3.05, 3.63) is 29.3 Å². The standard InChI is InChI=1S/C11H14N2O/c1-8-3-4-10(7-13)11(5-8)14-9(2)6-12/h3-5,9H,7,13H2,1-2H3. The van der Waals surface area contributed by atoms with E-state index in [1.54, 1.807) is 6.92 Å². The van der Waals surface area contributed by atoms with Crippen LogP contribution in [0, 0.1) is 18.3 Å². The van der Waals surface area contributed by atoms with Gasteiger partial charge in [0.2, 0.25) is 0 Å². The summed E-state index contributed by atoms with van der Waals surface area (Å²) in [5, 5.41) is 8.62. The molecule has 0 spiro atoms. The molecule has 0 aromatic heterocycles. The van der Waals surface area contributed by atoms with Gasteiger partial charge in [0.25, 0.3) is 0 Å². The summed E-state index contributed by atoms with van der Waals surface area (Å²) in [5.41, 5.74) is 7.58. The van der Waals surface area contributed by atoms with Gasteiger partial charge in [0.15, 0.2) is 6.10 Å². The third-order valence-corrected chi connectivity index (χ3v) is 1.93. The summed E-state index contributed by atoms with van der Waals surface area (Å²) in [5.74, 6) is 0.710. The van der Waals surface area contributed by atoms with Crippen molar-refractivity contribution in [1.82, 2.24) is 0 Å². The van der Waals surface area contributed by atoms with E-state index in [1.165, 1.54) is 0 Å². The van der Waals surface area contributed by atoms with E-state index in [0.29, 0.717) is 12.3 Å². The molecule has 74 valence electrons. The average Bonchev–Trinajstić information content (AvgIpc) is 2.18. The van der Waals surface area contributed by atoms with Crippen LogP contribution in [-0.2, 0) is 6.54 Å². The lowest BCUT2D eigenvalue weighted by Gasteiger charge is -2.12. The molecule has 0 aliphatic rings. The lowest BCUT2D eigenvalue weighted by molar-refractivity contribution is 0.273. The molecular weight excluding hydrogens is 176 g/mol. The fourth-order valence-corrected chi connectivity index (χ4v) is 1.16. The first-order valence-electron chi connectivity index (χ1n) is 4.53. The minimum atomic E-state index is -0.443. The third-order valence-electron chi connectivity index (χ3n) is 1.93. The van der Waals surface area contributed by atoms with Gasteiger partial charge in [-0.2, -0.15) is 5.26 Å². The van der Waals surface area contributed by atoms with Crippen LogP contribution in [0.2, 0.25) is 0 Å². The molecule has 0 aliphatic carbocycles. The Balaban J connectivity index is 2.94. The highest BCUT2D eigenvalue weighted by Crippen LogP contribution is 2.20. The third kappa shape index (κ3) is 2.48. The van der Waals surface area contributed by atoms with Gasteiger partial charge in [0.1, 0.15) is 11.8 Å². The highest BCUT2D eigenvalue weighted by Gasteiger charge is 2.06. The zero-order chi connectivity index (χ0) is 10.6. The van der Waals surface area contributed by atoms with E-state index in [-0.39, 0.29) is 0 Å². The molecule has 0 bridgehead atoms. The van der Waals surface area contributed by atoms with Crippen molar-refractivity contribution < 1.29 is 4.74 Å². The molecule has 1 atom stereocenters. The van der Waals surface area contributed by atoms with Crippen molar-refractivity contribution >= 4 is 0 Å². The van der Waals surface area contributed by atoms with Gasteiger partial charge in [-0.05, 0) is 25.5 Å². The molecule has 3 nitrogen and oxygen atoms in total. The zero-order valence-electron chi connectivity index (χ0n) is 8.45. The minimum absolute atomic E-state index is 0.424. The number of hydrogen-bond donors (Lipinski definition) is 1. The molecule has 0 heterocycles. The lowest BCUT2D eigenvalue weighted by atomic mass is 10.1. The maximum Gasteiger partial charge on any atom is 0.181 e. The van der Waals surface area contributed by atoms with Gasteiger partial charge >= 0.3 is 0 Å². The van der Waals surface area contributed by atoms with Gasteiger partial charge in [0.05, 0.1) is 0 Å². The van der Waals surface area contributed by atoms with Crippen molar-refractivity contribution in [2.75, 3.05) is 0 Å². The molecular formula is C11H14N2O. The van der Waals surface area contributed by atoms with E-state index in [2.05, 4.69) is 0 Å². The number of nitriles is 1. The average molecular weight is 190 g/mol. The maximum atomic E-state index is 8.62. The van der Waals surface area contributed by atoms with Crippen LogP contribution in [0.5, 0.6) is 5.75 Å². The van der Waals surface area contributed by atoms with Crippen LogP contribution in [-0.4, -0.2) is 6.10 Å². The van der Waals surface area contributed by atoms with Gasteiger partial charge < -0.3 is 10.5 Å². The molecule has 1 aromatic rings.